The highest BCUT2D eigenvalue weighted by molar-refractivity contribution is 5.90. The van der Waals surface area contributed by atoms with Crippen LogP contribution in [0.4, 0.5) is 0 Å². The van der Waals surface area contributed by atoms with E-state index in [2.05, 4.69) is 9.88 Å². The molecule has 0 bridgehead atoms. The smallest absolute Gasteiger partial charge is 0.325 e. The predicted molar refractivity (Wildman–Crippen MR) is 80.7 cm³/mol. The fraction of sp³-hybridized carbons (Fsp3) is 0.438. The number of carboxylic acids is 1. The van der Waals surface area contributed by atoms with E-state index in [9.17, 15) is 9.90 Å². The molecule has 3 rings (SSSR count). The molecule has 0 aliphatic carbocycles. The van der Waals surface area contributed by atoms with Crippen LogP contribution in [-0.2, 0) is 4.79 Å². The number of aromatic amines is 1. The van der Waals surface area contributed by atoms with Gasteiger partial charge in [0.2, 0.25) is 0 Å². The van der Waals surface area contributed by atoms with Crippen molar-refractivity contribution in [1.82, 2.24) is 9.88 Å². The van der Waals surface area contributed by atoms with Crippen LogP contribution in [-0.4, -0.2) is 41.2 Å². The van der Waals surface area contributed by atoms with Gasteiger partial charge in [-0.2, -0.15) is 0 Å². The second-order valence-corrected chi connectivity index (χ2v) is 5.49. The van der Waals surface area contributed by atoms with Crippen molar-refractivity contribution in [2.75, 3.05) is 20.2 Å². The molecule has 1 aromatic heterocycles. The maximum Gasteiger partial charge on any atom is 0.325 e. The summed E-state index contributed by atoms with van der Waals surface area (Å²) < 4.78 is 5.26. The number of hydrogen-bond donors (Lipinski definition) is 2. The van der Waals surface area contributed by atoms with E-state index in [4.69, 9.17) is 4.74 Å². The standard InChI is InChI=1S/C16H20N2O3/c1-21-11-5-6-14-12(9-11)13(10-17-14)15(16(19)20)18-7-3-2-4-8-18/h5-6,9-10,15,17H,2-4,7-8H2,1H3,(H,19,20)/t15-/m1/s1. The molecular formula is C16H20N2O3. The van der Waals surface area contributed by atoms with Gasteiger partial charge in [-0.25, -0.2) is 0 Å². The third kappa shape index (κ3) is 2.61. The van der Waals surface area contributed by atoms with E-state index in [1.54, 1.807) is 7.11 Å². The van der Waals surface area contributed by atoms with Crippen molar-refractivity contribution in [3.8, 4) is 5.75 Å². The fourth-order valence-electron chi connectivity index (χ4n) is 3.14. The Morgan fingerprint density at radius 2 is 2.10 bits per heavy atom. The van der Waals surface area contributed by atoms with Gasteiger partial charge in [-0.15, -0.1) is 0 Å². The van der Waals surface area contributed by atoms with Crippen molar-refractivity contribution in [1.29, 1.82) is 0 Å². The first-order valence-electron chi connectivity index (χ1n) is 7.32. The van der Waals surface area contributed by atoms with Crippen LogP contribution in [0.3, 0.4) is 0 Å². The van der Waals surface area contributed by atoms with Gasteiger partial charge in [0.1, 0.15) is 11.8 Å². The van der Waals surface area contributed by atoms with E-state index in [1.165, 1.54) is 6.42 Å². The lowest BCUT2D eigenvalue weighted by atomic mass is 10.0. The average Bonchev–Trinajstić information content (AvgIpc) is 2.91. The SMILES string of the molecule is COc1ccc2[nH]cc([C@H](C(=O)O)N3CCCCC3)c2c1. The fourth-order valence-corrected chi connectivity index (χ4v) is 3.14. The molecule has 2 N–H and O–H groups in total. The van der Waals surface area contributed by atoms with E-state index in [-0.39, 0.29) is 0 Å². The van der Waals surface area contributed by atoms with Crippen molar-refractivity contribution in [2.45, 2.75) is 25.3 Å². The van der Waals surface area contributed by atoms with Gasteiger partial charge in [0.15, 0.2) is 0 Å². The average molecular weight is 288 g/mol. The molecule has 2 aromatic rings. The van der Waals surface area contributed by atoms with Crippen LogP contribution in [0.25, 0.3) is 10.9 Å². The summed E-state index contributed by atoms with van der Waals surface area (Å²) in [7, 11) is 1.62. The topological polar surface area (TPSA) is 65.6 Å². The van der Waals surface area contributed by atoms with Crippen LogP contribution < -0.4 is 4.74 Å². The first kappa shape index (κ1) is 13.9. The number of aliphatic carboxylic acids is 1. The normalized spacial score (nSPS) is 17.8. The molecule has 0 spiro atoms. The summed E-state index contributed by atoms with van der Waals surface area (Å²) in [6, 6.07) is 5.11. The first-order chi connectivity index (χ1) is 10.2. The number of methoxy groups -OCH3 is 1. The molecule has 5 heteroatoms. The van der Waals surface area contributed by atoms with Crippen molar-refractivity contribution in [3.63, 3.8) is 0 Å². The molecule has 2 heterocycles. The molecule has 5 nitrogen and oxygen atoms in total. The summed E-state index contributed by atoms with van der Waals surface area (Å²) in [4.78, 5) is 17.0. The number of carboxylic acid groups (broad SMARTS) is 1. The third-order valence-electron chi connectivity index (χ3n) is 4.21. The van der Waals surface area contributed by atoms with Crippen LogP contribution in [0, 0.1) is 0 Å². The summed E-state index contributed by atoms with van der Waals surface area (Å²) in [5, 5.41) is 10.6. The van der Waals surface area contributed by atoms with Crippen molar-refractivity contribution >= 4 is 16.9 Å². The molecule has 1 aliphatic heterocycles. The van der Waals surface area contributed by atoms with Gasteiger partial charge in [-0.1, -0.05) is 6.42 Å². The second-order valence-electron chi connectivity index (χ2n) is 5.49. The Morgan fingerprint density at radius 1 is 1.33 bits per heavy atom. The van der Waals surface area contributed by atoms with Gasteiger partial charge in [0.05, 0.1) is 7.11 Å². The molecule has 21 heavy (non-hydrogen) atoms. The van der Waals surface area contributed by atoms with Crippen molar-refractivity contribution < 1.29 is 14.6 Å². The lowest BCUT2D eigenvalue weighted by Gasteiger charge is -2.31. The Balaban J connectivity index is 2.04. The van der Waals surface area contributed by atoms with Gasteiger partial charge >= 0.3 is 5.97 Å². The summed E-state index contributed by atoms with van der Waals surface area (Å²) in [5.74, 6) is -0.0493. The summed E-state index contributed by atoms with van der Waals surface area (Å²) in [6.45, 7) is 1.68. The zero-order valence-corrected chi connectivity index (χ0v) is 12.1. The zero-order chi connectivity index (χ0) is 14.8. The number of fused-ring (bicyclic) bond motifs is 1. The number of piperidine rings is 1. The first-order valence-corrected chi connectivity index (χ1v) is 7.32. The Kier molecular flexibility index (Phi) is 3.84. The minimum atomic E-state index is -0.791. The van der Waals surface area contributed by atoms with E-state index < -0.39 is 12.0 Å². The molecular weight excluding hydrogens is 268 g/mol. The van der Waals surface area contributed by atoms with Crippen molar-refractivity contribution in [2.24, 2.45) is 0 Å². The number of ether oxygens (including phenoxy) is 1. The summed E-state index contributed by atoms with van der Waals surface area (Å²) in [6.07, 6.45) is 5.13. The number of likely N-dealkylation sites (tertiary alicyclic amines) is 1. The van der Waals surface area contributed by atoms with Gasteiger partial charge in [-0.05, 0) is 44.1 Å². The van der Waals surface area contributed by atoms with Crippen LogP contribution in [0.1, 0.15) is 30.9 Å². The number of aromatic nitrogens is 1. The van der Waals surface area contributed by atoms with E-state index in [1.807, 2.05) is 24.4 Å². The molecule has 0 unspecified atom stereocenters. The van der Waals surface area contributed by atoms with Crippen molar-refractivity contribution in [3.05, 3.63) is 30.0 Å². The van der Waals surface area contributed by atoms with Crippen LogP contribution in [0.5, 0.6) is 5.75 Å². The van der Waals surface area contributed by atoms with Gasteiger partial charge in [0.25, 0.3) is 0 Å². The highest BCUT2D eigenvalue weighted by Crippen LogP contribution is 2.32. The molecule has 0 radical (unpaired) electrons. The summed E-state index contributed by atoms with van der Waals surface area (Å²) >= 11 is 0. The maximum absolute atomic E-state index is 11.8. The minimum Gasteiger partial charge on any atom is -0.497 e. The highest BCUT2D eigenvalue weighted by atomic mass is 16.5. The molecule has 0 saturated carbocycles. The maximum atomic E-state index is 11.8. The number of nitrogens with one attached hydrogen (secondary N) is 1. The Bertz CT molecular complexity index is 644. The molecule has 1 saturated heterocycles. The third-order valence-corrected chi connectivity index (χ3v) is 4.21. The molecule has 1 aromatic carbocycles. The number of benzene rings is 1. The van der Waals surface area contributed by atoms with E-state index in [0.29, 0.717) is 0 Å². The molecule has 1 aliphatic rings. The monoisotopic (exact) mass is 288 g/mol. The van der Waals surface area contributed by atoms with Gasteiger partial charge < -0.3 is 14.8 Å². The summed E-state index contributed by atoms with van der Waals surface area (Å²) in [5.41, 5.74) is 1.76. The molecule has 1 atom stereocenters. The van der Waals surface area contributed by atoms with E-state index >= 15 is 0 Å². The lowest BCUT2D eigenvalue weighted by molar-refractivity contribution is -0.144. The highest BCUT2D eigenvalue weighted by Gasteiger charge is 2.30. The Hall–Kier alpha value is -2.01. The van der Waals surface area contributed by atoms with Gasteiger partial charge in [0, 0.05) is 22.7 Å². The lowest BCUT2D eigenvalue weighted by Crippen LogP contribution is -2.37. The largest absolute Gasteiger partial charge is 0.497 e. The minimum absolute atomic E-state index is 0.592. The second kappa shape index (κ2) is 5.77. The number of hydrogen-bond acceptors (Lipinski definition) is 3. The van der Waals surface area contributed by atoms with E-state index in [0.717, 1.165) is 48.1 Å². The molecule has 112 valence electrons. The number of H-pyrrole nitrogens is 1. The number of rotatable bonds is 4. The van der Waals surface area contributed by atoms with Crippen LogP contribution >= 0.6 is 0 Å². The Labute approximate surface area is 123 Å². The van der Waals surface area contributed by atoms with Gasteiger partial charge in [-0.3, -0.25) is 9.69 Å². The zero-order valence-electron chi connectivity index (χ0n) is 12.1. The molecule has 0 amide bonds. The predicted octanol–water partition coefficient (Wildman–Crippen LogP) is 2.79. The van der Waals surface area contributed by atoms with Crippen LogP contribution in [0.15, 0.2) is 24.4 Å². The quantitative estimate of drug-likeness (QED) is 0.908. The van der Waals surface area contributed by atoms with Crippen LogP contribution in [0.2, 0.25) is 0 Å². The Morgan fingerprint density at radius 3 is 2.76 bits per heavy atom. The molecule has 1 fully saturated rings. The number of carbonyl (C=O) groups is 1. The number of nitrogens with zero attached hydrogens (tertiary/aromatic N) is 1.